The number of hydrogen-bond acceptors (Lipinski definition) is 4. The number of likely N-dealkylation sites (N-methyl/N-ethyl adjacent to an activating group) is 1. The van der Waals surface area contributed by atoms with Crippen molar-refractivity contribution in [3.05, 3.63) is 41.6 Å². The van der Waals surface area contributed by atoms with Gasteiger partial charge in [0.15, 0.2) is 0 Å². The molecule has 2 aromatic rings. The molecular weight excluding hydrogens is 272 g/mol. The van der Waals surface area contributed by atoms with E-state index in [1.54, 1.807) is 17.0 Å². The van der Waals surface area contributed by atoms with Crippen LogP contribution in [0, 0.1) is 13.8 Å². The molecule has 2 aromatic heterocycles. The topological polar surface area (TPSA) is 89.2 Å². The second-order valence-corrected chi connectivity index (χ2v) is 4.69. The van der Waals surface area contributed by atoms with Gasteiger partial charge in [-0.15, -0.1) is 0 Å². The van der Waals surface area contributed by atoms with Crippen molar-refractivity contribution in [1.82, 2.24) is 20.4 Å². The monoisotopic (exact) mass is 290 g/mol. The highest BCUT2D eigenvalue weighted by Gasteiger charge is 2.22. The van der Waals surface area contributed by atoms with Gasteiger partial charge in [0.25, 0.3) is 0 Å². The fraction of sp³-hybridized carbons (Fsp3) is 0.357. The van der Waals surface area contributed by atoms with Crippen molar-refractivity contribution in [1.29, 1.82) is 0 Å². The highest BCUT2D eigenvalue weighted by Crippen LogP contribution is 2.20. The van der Waals surface area contributed by atoms with Crippen molar-refractivity contribution in [3.8, 4) is 0 Å². The molecule has 21 heavy (non-hydrogen) atoms. The number of rotatable bonds is 4. The van der Waals surface area contributed by atoms with Gasteiger partial charge in [0.1, 0.15) is 11.8 Å². The lowest BCUT2D eigenvalue weighted by Crippen LogP contribution is -2.41. The zero-order valence-electron chi connectivity index (χ0n) is 12.2. The van der Waals surface area contributed by atoms with E-state index < -0.39 is 11.8 Å². The maximum Gasteiger partial charge on any atom is 0.309 e. The summed E-state index contributed by atoms with van der Waals surface area (Å²) in [6.07, 6.45) is 1.56. The second-order valence-electron chi connectivity index (χ2n) is 4.69. The van der Waals surface area contributed by atoms with E-state index in [9.17, 15) is 9.59 Å². The number of aryl methyl sites for hydroxylation is 2. The quantitative estimate of drug-likeness (QED) is 0.805. The first-order chi connectivity index (χ1) is 10.0. The zero-order valence-corrected chi connectivity index (χ0v) is 12.2. The van der Waals surface area contributed by atoms with Crippen molar-refractivity contribution < 1.29 is 14.0 Å². The molecule has 0 aliphatic rings. The van der Waals surface area contributed by atoms with E-state index in [0.29, 0.717) is 5.76 Å². The number of carbonyl (C=O) groups excluding carboxylic acids is 2. The molecule has 2 N–H and O–H groups in total. The summed E-state index contributed by atoms with van der Waals surface area (Å²) in [5, 5.41) is 9.28. The average Bonchev–Trinajstić information content (AvgIpc) is 3.08. The highest BCUT2D eigenvalue weighted by atomic mass is 16.3. The molecule has 0 aromatic carbocycles. The molecule has 7 heteroatoms. The maximum absolute atomic E-state index is 11.6. The third-order valence-corrected chi connectivity index (χ3v) is 3.10. The molecule has 0 aliphatic carbocycles. The van der Waals surface area contributed by atoms with Gasteiger partial charge in [-0.05, 0) is 32.0 Å². The lowest BCUT2D eigenvalue weighted by Gasteiger charge is -2.17. The summed E-state index contributed by atoms with van der Waals surface area (Å²) in [6, 6.07) is 5.22. The Morgan fingerprint density at radius 3 is 2.67 bits per heavy atom. The molecule has 7 nitrogen and oxygen atoms in total. The Kier molecular flexibility index (Phi) is 4.42. The molecule has 112 valence electrons. The van der Waals surface area contributed by atoms with Crippen molar-refractivity contribution in [2.24, 2.45) is 0 Å². The minimum atomic E-state index is -0.685. The second kappa shape index (κ2) is 6.25. The molecule has 1 atom stereocenters. The SMILES string of the molecule is CNC(=O)C(=O)NC[C@H](c1ccco1)n1nc(C)cc1C. The van der Waals surface area contributed by atoms with Gasteiger partial charge >= 0.3 is 11.8 Å². The van der Waals surface area contributed by atoms with E-state index in [2.05, 4.69) is 15.7 Å². The first kappa shape index (κ1) is 14.8. The molecule has 0 spiro atoms. The number of carbonyl (C=O) groups is 2. The number of hydrogen-bond donors (Lipinski definition) is 2. The van der Waals surface area contributed by atoms with Crippen LogP contribution in [-0.4, -0.2) is 35.2 Å². The van der Waals surface area contributed by atoms with E-state index in [4.69, 9.17) is 4.42 Å². The van der Waals surface area contributed by atoms with Gasteiger partial charge in [0.2, 0.25) is 0 Å². The summed E-state index contributed by atoms with van der Waals surface area (Å²) in [4.78, 5) is 22.8. The Morgan fingerprint density at radius 1 is 1.38 bits per heavy atom. The first-order valence-corrected chi connectivity index (χ1v) is 6.59. The third kappa shape index (κ3) is 3.31. The van der Waals surface area contributed by atoms with Crippen LogP contribution in [-0.2, 0) is 9.59 Å². The maximum atomic E-state index is 11.6. The first-order valence-electron chi connectivity index (χ1n) is 6.59. The van der Waals surface area contributed by atoms with E-state index in [-0.39, 0.29) is 12.6 Å². The number of nitrogens with one attached hydrogen (secondary N) is 2. The number of furan rings is 1. The highest BCUT2D eigenvalue weighted by molar-refractivity contribution is 6.35. The predicted molar refractivity (Wildman–Crippen MR) is 75.6 cm³/mol. The Hall–Kier alpha value is -2.57. The molecule has 2 amide bonds. The van der Waals surface area contributed by atoms with E-state index in [0.717, 1.165) is 11.4 Å². The van der Waals surface area contributed by atoms with Gasteiger partial charge in [-0.2, -0.15) is 5.10 Å². The summed E-state index contributed by atoms with van der Waals surface area (Å²) in [5.74, 6) is -0.699. The van der Waals surface area contributed by atoms with Crippen LogP contribution in [0.1, 0.15) is 23.2 Å². The Balaban J connectivity index is 2.20. The molecule has 2 heterocycles. The van der Waals surface area contributed by atoms with Crippen molar-refractivity contribution in [2.75, 3.05) is 13.6 Å². The third-order valence-electron chi connectivity index (χ3n) is 3.10. The Bertz CT molecular complexity index is 631. The van der Waals surface area contributed by atoms with Gasteiger partial charge in [0, 0.05) is 19.3 Å². The van der Waals surface area contributed by atoms with Crippen LogP contribution in [0.2, 0.25) is 0 Å². The van der Waals surface area contributed by atoms with Crippen LogP contribution >= 0.6 is 0 Å². The number of nitrogens with zero attached hydrogens (tertiary/aromatic N) is 2. The van der Waals surface area contributed by atoms with Crippen molar-refractivity contribution >= 4 is 11.8 Å². The van der Waals surface area contributed by atoms with Gasteiger partial charge in [0.05, 0.1) is 12.0 Å². The summed E-state index contributed by atoms with van der Waals surface area (Å²) < 4.78 is 7.20. The van der Waals surface area contributed by atoms with Crippen LogP contribution in [0.15, 0.2) is 28.9 Å². The van der Waals surface area contributed by atoms with Crippen LogP contribution < -0.4 is 10.6 Å². The standard InChI is InChI=1S/C14H18N4O3/c1-9-7-10(2)18(17-9)11(12-5-4-6-21-12)8-16-14(20)13(19)15-3/h4-7,11H,8H2,1-3H3,(H,15,19)(H,16,20)/t11-/m1/s1. The average molecular weight is 290 g/mol. The number of amides is 2. The molecular formula is C14H18N4O3. The summed E-state index contributed by atoms with van der Waals surface area (Å²) >= 11 is 0. The minimum Gasteiger partial charge on any atom is -0.467 e. The fourth-order valence-corrected chi connectivity index (χ4v) is 2.13. The summed E-state index contributed by atoms with van der Waals surface area (Å²) in [6.45, 7) is 4.03. The molecule has 0 unspecified atom stereocenters. The summed E-state index contributed by atoms with van der Waals surface area (Å²) in [7, 11) is 1.41. The van der Waals surface area contributed by atoms with Crippen molar-refractivity contribution in [2.45, 2.75) is 19.9 Å². The molecule has 2 rings (SSSR count). The predicted octanol–water partition coefficient (Wildman–Crippen LogP) is 0.545. The Morgan fingerprint density at radius 2 is 2.14 bits per heavy atom. The van der Waals surface area contributed by atoms with E-state index >= 15 is 0 Å². The van der Waals surface area contributed by atoms with Crippen LogP contribution in [0.4, 0.5) is 0 Å². The normalized spacial score (nSPS) is 12.0. The number of aromatic nitrogens is 2. The minimum absolute atomic E-state index is 0.210. The van der Waals surface area contributed by atoms with E-state index in [1.807, 2.05) is 26.0 Å². The van der Waals surface area contributed by atoms with Gasteiger partial charge in [-0.1, -0.05) is 0 Å². The molecule has 0 saturated heterocycles. The van der Waals surface area contributed by atoms with Crippen LogP contribution in [0.25, 0.3) is 0 Å². The van der Waals surface area contributed by atoms with E-state index in [1.165, 1.54) is 7.05 Å². The van der Waals surface area contributed by atoms with Crippen LogP contribution in [0.3, 0.4) is 0 Å². The van der Waals surface area contributed by atoms with Gasteiger partial charge in [-0.25, -0.2) is 0 Å². The smallest absolute Gasteiger partial charge is 0.309 e. The molecule has 0 radical (unpaired) electrons. The summed E-state index contributed by atoms with van der Waals surface area (Å²) in [5.41, 5.74) is 1.82. The fourth-order valence-electron chi connectivity index (χ4n) is 2.13. The largest absolute Gasteiger partial charge is 0.467 e. The van der Waals surface area contributed by atoms with Crippen LogP contribution in [0.5, 0.6) is 0 Å². The van der Waals surface area contributed by atoms with Gasteiger partial charge in [-0.3, -0.25) is 14.3 Å². The molecule has 0 saturated carbocycles. The van der Waals surface area contributed by atoms with Gasteiger partial charge < -0.3 is 15.1 Å². The molecule has 0 bridgehead atoms. The lowest BCUT2D eigenvalue weighted by atomic mass is 10.2. The van der Waals surface area contributed by atoms with Crippen molar-refractivity contribution in [3.63, 3.8) is 0 Å². The Labute approximate surface area is 122 Å². The molecule has 0 aliphatic heterocycles. The molecule has 0 fully saturated rings. The zero-order chi connectivity index (χ0) is 15.4. The lowest BCUT2D eigenvalue weighted by molar-refractivity contribution is -0.138.